The lowest BCUT2D eigenvalue weighted by Crippen LogP contribution is -2.59. The maximum absolute atomic E-state index is 15.2. The van der Waals surface area contributed by atoms with Gasteiger partial charge in [-0.1, -0.05) is 31.7 Å². The van der Waals surface area contributed by atoms with Gasteiger partial charge in [0.2, 0.25) is 5.91 Å². The first-order valence-electron chi connectivity index (χ1n) is 13.1. The molecule has 4 heterocycles. The van der Waals surface area contributed by atoms with E-state index in [1.54, 1.807) is 23.5 Å². The molecule has 1 atom stereocenters. The zero-order chi connectivity index (χ0) is 26.7. The van der Waals surface area contributed by atoms with Crippen LogP contribution in [0.2, 0.25) is 0 Å². The number of pyridine rings is 1. The molecule has 6 rings (SSSR count). The molecule has 38 heavy (non-hydrogen) atoms. The quantitative estimate of drug-likeness (QED) is 0.437. The van der Waals surface area contributed by atoms with Gasteiger partial charge in [-0.05, 0) is 43.9 Å². The predicted octanol–water partition coefficient (Wildman–Crippen LogP) is 5.20. The molecule has 6 nitrogen and oxygen atoms in total. The fourth-order valence-electron chi connectivity index (χ4n) is 6.73. The van der Waals surface area contributed by atoms with Crippen molar-refractivity contribution in [2.75, 3.05) is 31.1 Å². The summed E-state index contributed by atoms with van der Waals surface area (Å²) in [5.74, 6) is 0.267. The van der Waals surface area contributed by atoms with Crippen LogP contribution in [0.25, 0.3) is 11.1 Å². The Bertz CT molecular complexity index is 1500. The van der Waals surface area contributed by atoms with Gasteiger partial charge in [-0.15, -0.1) is 11.3 Å². The summed E-state index contributed by atoms with van der Waals surface area (Å²) in [4.78, 5) is 27.0. The number of hydrogen-bond donors (Lipinski definition) is 0. The first-order valence-corrected chi connectivity index (χ1v) is 13.9. The Hall–Kier alpha value is -3.57. The topological polar surface area (TPSA) is 73.1 Å². The number of anilines is 1. The van der Waals surface area contributed by atoms with Crippen molar-refractivity contribution >= 4 is 23.1 Å². The molecule has 3 aromatic rings. The van der Waals surface area contributed by atoms with E-state index in [1.165, 1.54) is 17.0 Å². The molecule has 1 spiro atoms. The molecule has 0 N–H and O–H groups in total. The number of nitriles is 1. The van der Waals surface area contributed by atoms with Gasteiger partial charge in [0.25, 0.3) is 0 Å². The largest absolute Gasteiger partial charge is 0.355 e. The van der Waals surface area contributed by atoms with Gasteiger partial charge in [0, 0.05) is 65.1 Å². The third-order valence-corrected chi connectivity index (χ3v) is 9.91. The molecule has 0 radical (unpaired) electrons. The van der Waals surface area contributed by atoms with Gasteiger partial charge in [-0.2, -0.15) is 5.26 Å². The van der Waals surface area contributed by atoms with Crippen molar-refractivity contribution in [2.45, 2.75) is 44.9 Å². The Morgan fingerprint density at radius 2 is 2.05 bits per heavy atom. The minimum atomic E-state index is -0.328. The molecule has 1 aliphatic carbocycles. The maximum atomic E-state index is 15.2. The SMILES string of the molecule is C=CC(=O)N1CC2(CCN(c3nc4c(c(-c5ccccc5F)c3C#N)CC[C@@](C)(c3scnc3C)C4)C2)C1. The Balaban J connectivity index is 1.45. The molecule has 2 aromatic heterocycles. The molecule has 8 heteroatoms. The lowest BCUT2D eigenvalue weighted by atomic mass is 9.71. The van der Waals surface area contributed by atoms with Gasteiger partial charge in [0.05, 0.1) is 11.2 Å². The van der Waals surface area contributed by atoms with Crippen molar-refractivity contribution in [2.24, 2.45) is 5.41 Å². The fourth-order valence-corrected chi connectivity index (χ4v) is 7.72. The average molecular weight is 528 g/mol. The number of nitrogens with zero attached hydrogens (tertiary/aromatic N) is 5. The summed E-state index contributed by atoms with van der Waals surface area (Å²) in [5.41, 5.74) is 6.35. The number of benzene rings is 1. The number of rotatable bonds is 4. The highest BCUT2D eigenvalue weighted by atomic mass is 32.1. The fraction of sp³-hybridized carbons (Fsp3) is 0.400. The summed E-state index contributed by atoms with van der Waals surface area (Å²) >= 11 is 1.68. The van der Waals surface area contributed by atoms with E-state index in [0.717, 1.165) is 49.3 Å². The van der Waals surface area contributed by atoms with E-state index in [9.17, 15) is 10.1 Å². The minimum Gasteiger partial charge on any atom is -0.355 e. The number of thiazole rings is 1. The molecule has 194 valence electrons. The molecule has 3 aliphatic rings. The Morgan fingerprint density at radius 3 is 2.74 bits per heavy atom. The molecule has 2 aliphatic heterocycles. The summed E-state index contributed by atoms with van der Waals surface area (Å²) in [6.45, 7) is 10.8. The minimum absolute atomic E-state index is 0.00456. The Morgan fingerprint density at radius 1 is 1.26 bits per heavy atom. The van der Waals surface area contributed by atoms with Crippen LogP contribution in [0.3, 0.4) is 0 Å². The van der Waals surface area contributed by atoms with Crippen LogP contribution in [-0.2, 0) is 23.1 Å². The van der Waals surface area contributed by atoms with Gasteiger partial charge in [0.15, 0.2) is 0 Å². The number of amides is 1. The second-order valence-corrected chi connectivity index (χ2v) is 12.1. The molecule has 0 unspecified atom stereocenters. The van der Waals surface area contributed by atoms with Crippen LogP contribution in [-0.4, -0.2) is 47.0 Å². The summed E-state index contributed by atoms with van der Waals surface area (Å²) in [6.07, 6.45) is 4.60. The van der Waals surface area contributed by atoms with Crippen molar-refractivity contribution in [1.82, 2.24) is 14.9 Å². The van der Waals surface area contributed by atoms with Crippen molar-refractivity contribution < 1.29 is 9.18 Å². The van der Waals surface area contributed by atoms with Crippen LogP contribution in [0.4, 0.5) is 10.2 Å². The number of fused-ring (bicyclic) bond motifs is 1. The van der Waals surface area contributed by atoms with Gasteiger partial charge < -0.3 is 9.80 Å². The van der Waals surface area contributed by atoms with Crippen LogP contribution in [0.1, 0.15) is 47.2 Å². The van der Waals surface area contributed by atoms with E-state index < -0.39 is 0 Å². The summed E-state index contributed by atoms with van der Waals surface area (Å²) in [7, 11) is 0. The molecule has 0 bridgehead atoms. The molecular weight excluding hydrogens is 497 g/mol. The van der Waals surface area contributed by atoms with E-state index in [2.05, 4.69) is 36.4 Å². The first kappa shape index (κ1) is 24.7. The van der Waals surface area contributed by atoms with Gasteiger partial charge in [-0.25, -0.2) is 14.4 Å². The van der Waals surface area contributed by atoms with Gasteiger partial charge in [0.1, 0.15) is 23.3 Å². The van der Waals surface area contributed by atoms with Crippen molar-refractivity contribution in [3.63, 3.8) is 0 Å². The molecular formula is C30H30FN5OS. The Kier molecular flexibility index (Phi) is 5.88. The van der Waals surface area contributed by atoms with E-state index >= 15 is 4.39 Å². The molecule has 2 saturated heterocycles. The lowest BCUT2D eigenvalue weighted by molar-refractivity contribution is -0.136. The third kappa shape index (κ3) is 3.83. The van der Waals surface area contributed by atoms with Crippen LogP contribution < -0.4 is 4.90 Å². The first-order chi connectivity index (χ1) is 18.3. The Labute approximate surface area is 226 Å². The standard InChI is InChI=1S/C30H30FN5OS/c1-4-25(37)36-16-30(17-36)11-12-35(15-30)28-22(14-32)26(20-7-5-6-8-23(20)31)21-9-10-29(3,13-24(21)34-28)27-19(2)33-18-38-27/h4-8,18H,1,9-13,15-17H2,2-3H3/t29-/m1/s1. The number of halogens is 1. The van der Waals surface area contributed by atoms with Gasteiger partial charge in [-0.3, -0.25) is 4.79 Å². The average Bonchev–Trinajstić information content (AvgIpc) is 3.54. The van der Waals surface area contributed by atoms with Gasteiger partial charge >= 0.3 is 0 Å². The second-order valence-electron chi connectivity index (χ2n) is 11.3. The normalized spacial score (nSPS) is 21.6. The highest BCUT2D eigenvalue weighted by Gasteiger charge is 2.50. The maximum Gasteiger partial charge on any atom is 0.245 e. The van der Waals surface area contributed by atoms with Crippen molar-refractivity contribution in [1.29, 1.82) is 5.26 Å². The van der Waals surface area contributed by atoms with E-state index in [1.807, 2.05) is 16.5 Å². The second kappa shape index (κ2) is 9.02. The molecule has 1 amide bonds. The highest BCUT2D eigenvalue weighted by molar-refractivity contribution is 7.09. The lowest BCUT2D eigenvalue weighted by Gasteiger charge is -2.47. The smallest absolute Gasteiger partial charge is 0.245 e. The number of likely N-dealkylation sites (tertiary alicyclic amines) is 1. The van der Waals surface area contributed by atoms with Crippen LogP contribution in [0.15, 0.2) is 42.4 Å². The number of aromatic nitrogens is 2. The predicted molar refractivity (Wildman–Crippen MR) is 147 cm³/mol. The zero-order valence-electron chi connectivity index (χ0n) is 21.8. The van der Waals surface area contributed by atoms with E-state index in [4.69, 9.17) is 4.98 Å². The van der Waals surface area contributed by atoms with E-state index in [-0.39, 0.29) is 22.6 Å². The monoisotopic (exact) mass is 527 g/mol. The third-order valence-electron chi connectivity index (χ3n) is 8.67. The summed E-state index contributed by atoms with van der Waals surface area (Å²) in [6, 6.07) is 9.15. The number of carbonyl (C=O) groups excluding carboxylic acids is 1. The van der Waals surface area contributed by atoms with E-state index in [0.29, 0.717) is 42.0 Å². The van der Waals surface area contributed by atoms with Crippen LogP contribution in [0, 0.1) is 29.5 Å². The van der Waals surface area contributed by atoms with Crippen LogP contribution >= 0.6 is 11.3 Å². The van der Waals surface area contributed by atoms with Crippen molar-refractivity contribution in [3.8, 4) is 17.2 Å². The number of carbonyl (C=O) groups is 1. The number of hydrogen-bond acceptors (Lipinski definition) is 6. The molecule has 0 saturated carbocycles. The molecule has 2 fully saturated rings. The highest BCUT2D eigenvalue weighted by Crippen LogP contribution is 2.47. The molecule has 1 aromatic carbocycles. The van der Waals surface area contributed by atoms with Crippen molar-refractivity contribution in [3.05, 3.63) is 75.6 Å². The zero-order valence-corrected chi connectivity index (χ0v) is 22.6. The summed E-state index contributed by atoms with van der Waals surface area (Å²) < 4.78 is 15.2. The number of aryl methyl sites for hydroxylation is 1. The summed E-state index contributed by atoms with van der Waals surface area (Å²) in [5, 5.41) is 10.4. The van der Waals surface area contributed by atoms with Crippen LogP contribution in [0.5, 0.6) is 0 Å².